The van der Waals surface area contributed by atoms with Crippen molar-refractivity contribution in [3.63, 3.8) is 0 Å². The van der Waals surface area contributed by atoms with E-state index in [0.29, 0.717) is 12.1 Å². The number of nitrogens with two attached hydrogens (primary N) is 1. The van der Waals surface area contributed by atoms with Crippen LogP contribution in [0.15, 0.2) is 12.1 Å². The van der Waals surface area contributed by atoms with Crippen LogP contribution >= 0.6 is 0 Å². The zero-order chi connectivity index (χ0) is 15.2. The number of alkyl halides is 6. The number of anilines is 1. The van der Waals surface area contributed by atoms with Crippen LogP contribution in [0.5, 0.6) is 0 Å². The number of hydrogen-bond donors (Lipinski definition) is 2. The van der Waals surface area contributed by atoms with Gasteiger partial charge in [0.1, 0.15) is 0 Å². The number of aliphatic hydroxyl groups is 1. The maximum atomic E-state index is 13.5. The molecule has 0 aliphatic rings. The van der Waals surface area contributed by atoms with Gasteiger partial charge < -0.3 is 10.8 Å². The summed E-state index contributed by atoms with van der Waals surface area (Å²) in [6.45, 7) is 2.57. The second-order valence-corrected chi connectivity index (χ2v) is 4.22. The van der Waals surface area contributed by atoms with Crippen LogP contribution in [-0.2, 0) is 5.92 Å². The van der Waals surface area contributed by atoms with Gasteiger partial charge in [-0.2, -0.15) is 26.3 Å². The highest BCUT2D eigenvalue weighted by molar-refractivity contribution is 5.55. The molecule has 0 amide bonds. The molecule has 0 radical (unpaired) electrons. The van der Waals surface area contributed by atoms with Crippen molar-refractivity contribution < 1.29 is 31.4 Å². The third-order valence-electron chi connectivity index (χ3n) is 2.75. The van der Waals surface area contributed by atoms with E-state index in [-0.39, 0.29) is 16.8 Å². The van der Waals surface area contributed by atoms with E-state index in [9.17, 15) is 26.3 Å². The summed E-state index contributed by atoms with van der Waals surface area (Å²) < 4.78 is 76.6. The summed E-state index contributed by atoms with van der Waals surface area (Å²) >= 11 is 0. The summed E-state index contributed by atoms with van der Waals surface area (Å²) in [7, 11) is 0. The molecule has 2 nitrogen and oxygen atoms in total. The third-order valence-corrected chi connectivity index (χ3v) is 2.75. The van der Waals surface area contributed by atoms with E-state index in [1.807, 2.05) is 0 Å². The second kappa shape index (κ2) is 4.29. The van der Waals surface area contributed by atoms with Gasteiger partial charge in [0.05, 0.1) is 0 Å². The lowest BCUT2D eigenvalue weighted by molar-refractivity contribution is -0.390. The molecule has 0 aliphatic heterocycles. The van der Waals surface area contributed by atoms with Crippen molar-refractivity contribution >= 4 is 5.69 Å². The molecule has 19 heavy (non-hydrogen) atoms. The van der Waals surface area contributed by atoms with Crippen molar-refractivity contribution in [3.8, 4) is 0 Å². The fourth-order valence-electron chi connectivity index (χ4n) is 1.53. The van der Waals surface area contributed by atoms with E-state index in [2.05, 4.69) is 0 Å². The van der Waals surface area contributed by atoms with E-state index in [0.717, 1.165) is 0 Å². The first-order valence-corrected chi connectivity index (χ1v) is 5.05. The lowest BCUT2D eigenvalue weighted by Crippen LogP contribution is -2.53. The van der Waals surface area contributed by atoms with Crippen molar-refractivity contribution in [1.82, 2.24) is 0 Å². The molecule has 1 aromatic carbocycles. The van der Waals surface area contributed by atoms with Crippen LogP contribution < -0.4 is 5.73 Å². The van der Waals surface area contributed by atoms with Gasteiger partial charge in [0.2, 0.25) is 0 Å². The van der Waals surface area contributed by atoms with Gasteiger partial charge in [-0.1, -0.05) is 0 Å². The summed E-state index contributed by atoms with van der Waals surface area (Å²) in [5.74, 6) is -10.8. The van der Waals surface area contributed by atoms with Gasteiger partial charge in [-0.15, -0.1) is 0 Å². The third kappa shape index (κ3) is 2.36. The number of hydrogen-bond acceptors (Lipinski definition) is 2. The molecule has 0 aromatic heterocycles. The monoisotopic (exact) mass is 287 g/mol. The number of rotatable bonds is 2. The minimum atomic E-state index is -6.13. The molecule has 1 aromatic rings. The van der Waals surface area contributed by atoms with Crippen LogP contribution in [0, 0.1) is 13.8 Å². The highest BCUT2D eigenvalue weighted by Crippen LogP contribution is 2.49. The summed E-state index contributed by atoms with van der Waals surface area (Å²) in [5.41, 5.74) is 4.40. The van der Waals surface area contributed by atoms with Crippen molar-refractivity contribution in [2.45, 2.75) is 31.8 Å². The lowest BCUT2D eigenvalue weighted by Gasteiger charge is -2.30. The number of nitrogen functional groups attached to an aromatic ring is 1. The summed E-state index contributed by atoms with van der Waals surface area (Å²) in [4.78, 5) is 0. The van der Waals surface area contributed by atoms with Crippen LogP contribution in [0.1, 0.15) is 16.7 Å². The highest BCUT2D eigenvalue weighted by Gasteiger charge is 2.71. The average molecular weight is 287 g/mol. The number of aryl methyl sites for hydroxylation is 2. The van der Waals surface area contributed by atoms with Crippen LogP contribution in [0.4, 0.5) is 32.0 Å². The molecule has 0 bridgehead atoms. The lowest BCUT2D eigenvalue weighted by atomic mass is 9.96. The summed E-state index contributed by atoms with van der Waals surface area (Å²) in [6.07, 6.45) is -6.13. The topological polar surface area (TPSA) is 46.2 Å². The Morgan fingerprint density at radius 3 is 1.63 bits per heavy atom. The van der Waals surface area contributed by atoms with Gasteiger partial charge in [-0.3, -0.25) is 0 Å². The Balaban J connectivity index is 3.44. The fourth-order valence-corrected chi connectivity index (χ4v) is 1.53. The Labute approximate surface area is 104 Å². The number of benzene rings is 1. The minimum absolute atomic E-state index is 0.0626. The summed E-state index contributed by atoms with van der Waals surface area (Å²) in [5, 5.41) is 8.51. The van der Waals surface area contributed by atoms with Gasteiger partial charge >= 0.3 is 18.0 Å². The zero-order valence-electron chi connectivity index (χ0n) is 9.95. The van der Waals surface area contributed by atoms with Crippen molar-refractivity contribution in [2.75, 3.05) is 5.73 Å². The molecule has 1 unspecified atom stereocenters. The van der Waals surface area contributed by atoms with Crippen LogP contribution in [0.25, 0.3) is 0 Å². The van der Waals surface area contributed by atoms with Crippen LogP contribution in [-0.4, -0.2) is 17.1 Å². The Morgan fingerprint density at radius 1 is 0.947 bits per heavy atom. The second-order valence-electron chi connectivity index (χ2n) is 4.22. The van der Waals surface area contributed by atoms with E-state index < -0.39 is 23.5 Å². The van der Waals surface area contributed by atoms with Crippen LogP contribution in [0.2, 0.25) is 0 Å². The molecule has 8 heteroatoms. The largest absolute Gasteiger partial charge is 0.455 e. The molecule has 1 atom stereocenters. The van der Waals surface area contributed by atoms with E-state index in [4.69, 9.17) is 10.8 Å². The van der Waals surface area contributed by atoms with Crippen molar-refractivity contribution in [1.29, 1.82) is 0 Å². The maximum Gasteiger partial charge on any atom is 0.455 e. The Kier molecular flexibility index (Phi) is 3.53. The first kappa shape index (κ1) is 15.6. The molecule has 0 spiro atoms. The smallest absolute Gasteiger partial charge is 0.398 e. The SMILES string of the molecule is Cc1cc(C(F)(F)C(O)(F)C(F)(F)F)cc(C)c1N. The molecule has 0 saturated carbocycles. The van der Waals surface area contributed by atoms with Gasteiger partial charge in [0.15, 0.2) is 0 Å². The molecular weight excluding hydrogens is 276 g/mol. The molecule has 1 rings (SSSR count). The first-order valence-electron chi connectivity index (χ1n) is 5.05. The molecule has 108 valence electrons. The molecule has 0 aliphatic carbocycles. The van der Waals surface area contributed by atoms with E-state index >= 15 is 0 Å². The standard InChI is InChI=1S/C11H11F6NO/c1-5-3-7(4-6(2)8(5)18)9(12,13)10(14,19)11(15,16)17/h3-4,19H,18H2,1-2H3. The number of halogens is 6. The summed E-state index contributed by atoms with van der Waals surface area (Å²) in [6, 6.07) is 1.22. The van der Waals surface area contributed by atoms with Gasteiger partial charge in [-0.05, 0) is 37.1 Å². The predicted octanol–water partition coefficient (Wildman–Crippen LogP) is 3.20. The molecule has 0 heterocycles. The van der Waals surface area contributed by atoms with Gasteiger partial charge in [0.25, 0.3) is 0 Å². The zero-order valence-corrected chi connectivity index (χ0v) is 9.95. The van der Waals surface area contributed by atoms with Gasteiger partial charge in [-0.25, -0.2) is 0 Å². The normalized spacial score (nSPS) is 16.3. The van der Waals surface area contributed by atoms with E-state index in [1.165, 1.54) is 13.8 Å². The average Bonchev–Trinajstić information content (AvgIpc) is 2.23. The fraction of sp³-hybridized carbons (Fsp3) is 0.455. The minimum Gasteiger partial charge on any atom is -0.398 e. The highest BCUT2D eigenvalue weighted by atomic mass is 19.4. The van der Waals surface area contributed by atoms with E-state index in [1.54, 1.807) is 0 Å². The molecule has 3 N–H and O–H groups in total. The van der Waals surface area contributed by atoms with Crippen molar-refractivity contribution in [2.24, 2.45) is 0 Å². The Morgan fingerprint density at radius 2 is 1.32 bits per heavy atom. The Bertz CT molecular complexity index is 471. The maximum absolute atomic E-state index is 13.5. The first-order chi connectivity index (χ1) is 8.32. The van der Waals surface area contributed by atoms with Gasteiger partial charge in [0, 0.05) is 11.3 Å². The quantitative estimate of drug-likeness (QED) is 0.648. The van der Waals surface area contributed by atoms with Crippen LogP contribution in [0.3, 0.4) is 0 Å². The Hall–Kier alpha value is -1.44. The predicted molar refractivity (Wildman–Crippen MR) is 56.3 cm³/mol. The molecule has 0 fully saturated rings. The molecule has 0 saturated heterocycles. The van der Waals surface area contributed by atoms with Crippen molar-refractivity contribution in [3.05, 3.63) is 28.8 Å². The molecular formula is C11H11F6NO.